The quantitative estimate of drug-likeness (QED) is 0.191. The summed E-state index contributed by atoms with van der Waals surface area (Å²) in [5.41, 5.74) is 1.83. The van der Waals surface area contributed by atoms with Gasteiger partial charge in [0.25, 0.3) is 5.91 Å². The van der Waals surface area contributed by atoms with E-state index in [1.54, 1.807) is 24.3 Å². The van der Waals surface area contributed by atoms with Crippen LogP contribution in [0.4, 0.5) is 5.69 Å². The second-order valence-corrected chi connectivity index (χ2v) is 9.28. The zero-order valence-corrected chi connectivity index (χ0v) is 21.7. The highest BCUT2D eigenvalue weighted by molar-refractivity contribution is 14.1. The number of aromatic carboxylic acids is 1. The molecule has 0 unspecified atom stereocenters. The van der Waals surface area contributed by atoms with Gasteiger partial charge < -0.3 is 15.2 Å². The number of amides is 1. The minimum atomic E-state index is -1.12. The Kier molecular flexibility index (Phi) is 8.62. The zero-order chi connectivity index (χ0) is 24.7. The smallest absolute Gasteiger partial charge is 0.335 e. The molecule has 0 aliphatic heterocycles. The number of carbonyl (C=O) groups is 2. The molecule has 9 heteroatoms. The van der Waals surface area contributed by atoms with Gasteiger partial charge in [-0.05, 0) is 87.7 Å². The Balaban J connectivity index is 1.91. The SMILES string of the molecule is N#C/C(=C/c1cc(I)cc(I)c1OCc1ccccc1C#N)C(=O)Nc1cccc(C(=O)O)c1. The van der Waals surface area contributed by atoms with Crippen molar-refractivity contribution in [2.45, 2.75) is 6.61 Å². The van der Waals surface area contributed by atoms with E-state index in [1.807, 2.05) is 18.2 Å². The second kappa shape index (κ2) is 11.6. The number of hydrogen-bond donors (Lipinski definition) is 2. The minimum Gasteiger partial charge on any atom is -0.487 e. The van der Waals surface area contributed by atoms with Gasteiger partial charge in [-0.15, -0.1) is 0 Å². The van der Waals surface area contributed by atoms with Crippen molar-refractivity contribution in [2.75, 3.05) is 5.32 Å². The number of carboxylic acids is 1. The molecule has 34 heavy (non-hydrogen) atoms. The molecule has 0 aliphatic rings. The maximum absolute atomic E-state index is 12.7. The third-order valence-electron chi connectivity index (χ3n) is 4.58. The monoisotopic (exact) mass is 675 g/mol. The number of nitrogens with zero attached hydrogens (tertiary/aromatic N) is 2. The largest absolute Gasteiger partial charge is 0.487 e. The molecule has 0 radical (unpaired) electrons. The van der Waals surface area contributed by atoms with Crippen molar-refractivity contribution in [1.29, 1.82) is 10.5 Å². The first-order valence-electron chi connectivity index (χ1n) is 9.68. The first-order valence-corrected chi connectivity index (χ1v) is 11.8. The Morgan fingerprint density at radius 1 is 1.06 bits per heavy atom. The maximum Gasteiger partial charge on any atom is 0.335 e. The number of halogens is 2. The van der Waals surface area contributed by atoms with E-state index in [9.17, 15) is 20.1 Å². The Hall–Kier alpha value is -3.42. The van der Waals surface area contributed by atoms with Gasteiger partial charge in [-0.2, -0.15) is 10.5 Å². The number of benzene rings is 3. The van der Waals surface area contributed by atoms with E-state index in [4.69, 9.17) is 9.84 Å². The topological polar surface area (TPSA) is 123 Å². The summed E-state index contributed by atoms with van der Waals surface area (Å²) in [6, 6.07) is 20.6. The Morgan fingerprint density at radius 3 is 2.53 bits per heavy atom. The summed E-state index contributed by atoms with van der Waals surface area (Å²) in [6.45, 7) is 0.136. The van der Waals surface area contributed by atoms with Crippen molar-refractivity contribution < 1.29 is 19.4 Å². The molecule has 0 atom stereocenters. The molecule has 0 fully saturated rings. The van der Waals surface area contributed by atoms with E-state index in [0.717, 1.165) is 7.14 Å². The summed E-state index contributed by atoms with van der Waals surface area (Å²) < 4.78 is 7.68. The highest BCUT2D eigenvalue weighted by atomic mass is 127. The molecule has 0 aromatic heterocycles. The van der Waals surface area contributed by atoms with Crippen molar-refractivity contribution in [3.05, 3.63) is 95.6 Å². The standard InChI is InChI=1S/C25H15I2N3O4/c26-20-9-18(23(22(27)11-20)34-14-17-5-2-1-4-16(17)12-28)8-19(13-29)24(31)30-21-7-3-6-15(10-21)25(32)33/h1-11H,14H2,(H,30,31)(H,32,33)/b19-8-. The van der Waals surface area contributed by atoms with Crippen LogP contribution in [0.15, 0.2) is 66.2 Å². The third-order valence-corrected chi connectivity index (χ3v) is 6.00. The molecule has 3 rings (SSSR count). The number of hydrogen-bond acceptors (Lipinski definition) is 5. The van der Waals surface area contributed by atoms with Crippen LogP contribution in [0.5, 0.6) is 5.75 Å². The fourth-order valence-electron chi connectivity index (χ4n) is 2.98. The molecule has 0 saturated carbocycles. The lowest BCUT2D eigenvalue weighted by molar-refractivity contribution is -0.112. The average molecular weight is 675 g/mol. The van der Waals surface area contributed by atoms with E-state index in [2.05, 4.69) is 56.6 Å². The molecule has 1 amide bonds. The van der Waals surface area contributed by atoms with Gasteiger partial charge >= 0.3 is 5.97 Å². The summed E-state index contributed by atoms with van der Waals surface area (Å²) >= 11 is 4.25. The van der Waals surface area contributed by atoms with Crippen LogP contribution in [-0.4, -0.2) is 17.0 Å². The summed E-state index contributed by atoms with van der Waals surface area (Å²) in [5.74, 6) is -1.33. The highest BCUT2D eigenvalue weighted by Crippen LogP contribution is 2.31. The van der Waals surface area contributed by atoms with Gasteiger partial charge in [0.15, 0.2) is 0 Å². The fraction of sp³-hybridized carbons (Fsp3) is 0.0400. The number of rotatable bonds is 7. The Bertz CT molecular complexity index is 1390. The highest BCUT2D eigenvalue weighted by Gasteiger charge is 2.15. The first kappa shape index (κ1) is 25.2. The normalized spacial score (nSPS) is 10.6. The number of ether oxygens (including phenoxy) is 1. The van der Waals surface area contributed by atoms with Crippen LogP contribution in [0.2, 0.25) is 0 Å². The lowest BCUT2D eigenvalue weighted by atomic mass is 10.1. The summed E-state index contributed by atoms with van der Waals surface area (Å²) in [4.78, 5) is 23.9. The predicted molar refractivity (Wildman–Crippen MR) is 143 cm³/mol. The molecular weight excluding hydrogens is 660 g/mol. The minimum absolute atomic E-state index is 0.0146. The number of carbonyl (C=O) groups excluding carboxylic acids is 1. The van der Waals surface area contributed by atoms with Crippen LogP contribution in [0.1, 0.15) is 27.0 Å². The van der Waals surface area contributed by atoms with Crippen molar-refractivity contribution in [2.24, 2.45) is 0 Å². The van der Waals surface area contributed by atoms with Crippen molar-refractivity contribution in [3.63, 3.8) is 0 Å². The number of anilines is 1. The van der Waals surface area contributed by atoms with Crippen molar-refractivity contribution in [3.8, 4) is 17.9 Å². The summed E-state index contributed by atoms with van der Waals surface area (Å²) in [6.07, 6.45) is 1.42. The summed E-state index contributed by atoms with van der Waals surface area (Å²) in [7, 11) is 0. The molecule has 0 heterocycles. The number of nitrogens with one attached hydrogen (secondary N) is 1. The molecule has 7 nitrogen and oxygen atoms in total. The molecule has 3 aromatic carbocycles. The van der Waals surface area contributed by atoms with Crippen LogP contribution in [0.3, 0.4) is 0 Å². The van der Waals surface area contributed by atoms with E-state index in [1.165, 1.54) is 30.3 Å². The first-order chi connectivity index (χ1) is 16.3. The number of nitriles is 2. The predicted octanol–water partition coefficient (Wildman–Crippen LogP) is 5.59. The number of carboxylic acid groups (broad SMARTS) is 1. The van der Waals surface area contributed by atoms with Gasteiger partial charge in [0.1, 0.15) is 24.0 Å². The molecule has 168 valence electrons. The van der Waals surface area contributed by atoms with E-state index in [-0.39, 0.29) is 23.4 Å². The Labute approximate surface area is 223 Å². The fourth-order valence-corrected chi connectivity index (χ4v) is 5.02. The lowest BCUT2D eigenvalue weighted by Crippen LogP contribution is -2.14. The van der Waals surface area contributed by atoms with Gasteiger partial charge in [-0.25, -0.2) is 4.79 Å². The van der Waals surface area contributed by atoms with Gasteiger partial charge in [-0.3, -0.25) is 4.79 Å². The van der Waals surface area contributed by atoms with Gasteiger partial charge in [0.05, 0.1) is 20.8 Å². The molecule has 0 bridgehead atoms. The van der Waals surface area contributed by atoms with Crippen molar-refractivity contribution in [1.82, 2.24) is 0 Å². The average Bonchev–Trinajstić information content (AvgIpc) is 2.82. The van der Waals surface area contributed by atoms with Gasteiger partial charge in [0.2, 0.25) is 0 Å². The van der Waals surface area contributed by atoms with Crippen LogP contribution in [0.25, 0.3) is 6.08 Å². The van der Waals surface area contributed by atoms with Gasteiger partial charge in [0, 0.05) is 20.4 Å². The van der Waals surface area contributed by atoms with Crippen molar-refractivity contribution >= 4 is 68.8 Å². The molecular formula is C25H15I2N3O4. The molecule has 3 aromatic rings. The van der Waals surface area contributed by atoms with E-state index in [0.29, 0.717) is 22.4 Å². The van der Waals surface area contributed by atoms with Crippen LogP contribution in [0, 0.1) is 29.8 Å². The Morgan fingerprint density at radius 2 is 1.82 bits per heavy atom. The summed E-state index contributed by atoms with van der Waals surface area (Å²) in [5, 5.41) is 30.6. The third kappa shape index (κ3) is 6.34. The van der Waals surface area contributed by atoms with Crippen LogP contribution < -0.4 is 10.1 Å². The molecule has 0 spiro atoms. The van der Waals surface area contributed by atoms with E-state index < -0.39 is 11.9 Å². The van der Waals surface area contributed by atoms with Crippen LogP contribution >= 0.6 is 45.2 Å². The van der Waals surface area contributed by atoms with Gasteiger partial charge in [-0.1, -0.05) is 24.3 Å². The lowest BCUT2D eigenvalue weighted by Gasteiger charge is -2.13. The zero-order valence-electron chi connectivity index (χ0n) is 17.4. The van der Waals surface area contributed by atoms with E-state index >= 15 is 0 Å². The molecule has 2 N–H and O–H groups in total. The maximum atomic E-state index is 12.7. The second-order valence-electron chi connectivity index (χ2n) is 6.87. The molecule has 0 aliphatic carbocycles. The van der Waals surface area contributed by atoms with Crippen LogP contribution in [-0.2, 0) is 11.4 Å². The molecule has 0 saturated heterocycles.